The van der Waals surface area contributed by atoms with Gasteiger partial charge in [-0.3, -0.25) is 4.99 Å². The van der Waals surface area contributed by atoms with Crippen molar-refractivity contribution in [3.63, 3.8) is 0 Å². The summed E-state index contributed by atoms with van der Waals surface area (Å²) in [6.45, 7) is 14.6. The van der Waals surface area contributed by atoms with E-state index in [2.05, 4.69) is 35.9 Å². The number of hydrogen-bond donors (Lipinski definition) is 1. The molecule has 0 aromatic carbocycles. The maximum absolute atomic E-state index is 4.91. The van der Waals surface area contributed by atoms with Gasteiger partial charge in [0.15, 0.2) is 5.96 Å². The second-order valence-electron chi connectivity index (χ2n) is 7.35. The summed E-state index contributed by atoms with van der Waals surface area (Å²) >= 11 is 0. The van der Waals surface area contributed by atoms with Crippen LogP contribution in [0.1, 0.15) is 65.7 Å². The Morgan fingerprint density at radius 3 is 2.48 bits per heavy atom. The highest BCUT2D eigenvalue weighted by atomic mass is 15.3. The van der Waals surface area contributed by atoms with Gasteiger partial charge in [0.2, 0.25) is 0 Å². The number of nitrogens with zero attached hydrogens (tertiary/aromatic N) is 3. The molecule has 134 valence electrons. The van der Waals surface area contributed by atoms with Crippen LogP contribution in [0.4, 0.5) is 0 Å². The van der Waals surface area contributed by atoms with Gasteiger partial charge < -0.3 is 15.1 Å². The second-order valence-corrected chi connectivity index (χ2v) is 7.35. The number of hydrogen-bond acceptors (Lipinski definition) is 2. The van der Waals surface area contributed by atoms with Crippen molar-refractivity contribution < 1.29 is 0 Å². The average molecular weight is 323 g/mol. The normalized spacial score (nSPS) is 20.9. The lowest BCUT2D eigenvalue weighted by Gasteiger charge is -2.26. The Hall–Kier alpha value is -0.770. The van der Waals surface area contributed by atoms with E-state index in [1.54, 1.807) is 0 Å². The monoisotopic (exact) mass is 322 g/mol. The van der Waals surface area contributed by atoms with E-state index < -0.39 is 0 Å². The fraction of sp³-hybridized carbons (Fsp3) is 0.947. The van der Waals surface area contributed by atoms with Gasteiger partial charge in [0, 0.05) is 26.2 Å². The summed E-state index contributed by atoms with van der Waals surface area (Å²) in [5.74, 6) is 1.17. The van der Waals surface area contributed by atoms with Crippen LogP contribution in [0, 0.1) is 5.41 Å². The molecule has 0 atom stereocenters. The van der Waals surface area contributed by atoms with Gasteiger partial charge in [-0.05, 0) is 64.1 Å². The van der Waals surface area contributed by atoms with E-state index in [9.17, 15) is 0 Å². The third kappa shape index (κ3) is 5.37. The molecule has 0 amide bonds. The molecule has 0 radical (unpaired) electrons. The highest BCUT2D eigenvalue weighted by Gasteiger charge is 2.40. The summed E-state index contributed by atoms with van der Waals surface area (Å²) in [5.41, 5.74) is 0.624. The van der Waals surface area contributed by atoms with E-state index in [4.69, 9.17) is 4.99 Å². The first-order valence-corrected chi connectivity index (χ1v) is 9.98. The van der Waals surface area contributed by atoms with Crippen LogP contribution in [0.2, 0.25) is 0 Å². The van der Waals surface area contributed by atoms with Crippen LogP contribution in [-0.4, -0.2) is 61.6 Å². The zero-order valence-electron chi connectivity index (χ0n) is 15.7. The minimum absolute atomic E-state index is 0.624. The molecule has 23 heavy (non-hydrogen) atoms. The molecule has 0 aromatic rings. The predicted molar refractivity (Wildman–Crippen MR) is 100 cm³/mol. The third-order valence-electron chi connectivity index (χ3n) is 5.78. The van der Waals surface area contributed by atoms with Gasteiger partial charge in [-0.2, -0.15) is 0 Å². The molecule has 2 rings (SSSR count). The van der Waals surface area contributed by atoms with E-state index in [0.717, 1.165) is 26.2 Å². The largest absolute Gasteiger partial charge is 0.357 e. The minimum Gasteiger partial charge on any atom is -0.357 e. The van der Waals surface area contributed by atoms with E-state index >= 15 is 0 Å². The van der Waals surface area contributed by atoms with Crippen LogP contribution >= 0.6 is 0 Å². The maximum atomic E-state index is 4.91. The van der Waals surface area contributed by atoms with Gasteiger partial charge in [0.1, 0.15) is 0 Å². The lowest BCUT2D eigenvalue weighted by atomic mass is 9.86. The second kappa shape index (κ2) is 9.51. The Kier molecular flexibility index (Phi) is 7.68. The molecule has 0 bridgehead atoms. The zero-order chi connectivity index (χ0) is 16.5. The fourth-order valence-electron chi connectivity index (χ4n) is 4.25. The molecule has 1 spiro atoms. The SMILES string of the molecule is CCNC(=NCCCCN(CC)CC)N1CCC2(CCCC2)C1. The fourth-order valence-corrected chi connectivity index (χ4v) is 4.25. The minimum atomic E-state index is 0.624. The van der Waals surface area contributed by atoms with Crippen LogP contribution in [0.15, 0.2) is 4.99 Å². The van der Waals surface area contributed by atoms with Crippen LogP contribution in [0.5, 0.6) is 0 Å². The van der Waals surface area contributed by atoms with Crippen molar-refractivity contribution in [2.24, 2.45) is 10.4 Å². The Labute approximate surface area is 143 Å². The van der Waals surface area contributed by atoms with E-state index in [0.29, 0.717) is 5.41 Å². The van der Waals surface area contributed by atoms with Crippen LogP contribution in [0.25, 0.3) is 0 Å². The first kappa shape index (κ1) is 18.6. The van der Waals surface area contributed by atoms with Gasteiger partial charge in [-0.15, -0.1) is 0 Å². The summed E-state index contributed by atoms with van der Waals surface area (Å²) in [6.07, 6.45) is 9.58. The molecule has 1 aliphatic carbocycles. The third-order valence-corrected chi connectivity index (χ3v) is 5.78. The predicted octanol–water partition coefficient (Wildman–Crippen LogP) is 3.34. The number of likely N-dealkylation sites (tertiary alicyclic amines) is 1. The molecule has 4 nitrogen and oxygen atoms in total. The van der Waals surface area contributed by atoms with E-state index in [-0.39, 0.29) is 0 Å². The standard InChI is InChI=1S/C19H38N4/c1-4-20-18(21-14-9-10-15-22(5-2)6-3)23-16-13-19(17-23)11-7-8-12-19/h4-17H2,1-3H3,(H,20,21). The van der Waals surface area contributed by atoms with E-state index in [1.807, 2.05) is 0 Å². The molecule has 2 aliphatic rings. The van der Waals surface area contributed by atoms with Crippen LogP contribution < -0.4 is 5.32 Å². The highest BCUT2D eigenvalue weighted by Crippen LogP contribution is 2.45. The Bertz CT molecular complexity index is 356. The van der Waals surface area contributed by atoms with Crippen molar-refractivity contribution >= 4 is 5.96 Å². The summed E-state index contributed by atoms with van der Waals surface area (Å²) < 4.78 is 0. The summed E-state index contributed by atoms with van der Waals surface area (Å²) in [5, 5.41) is 3.52. The number of guanidine groups is 1. The average Bonchev–Trinajstić information content (AvgIpc) is 3.20. The lowest BCUT2D eigenvalue weighted by Crippen LogP contribution is -2.41. The topological polar surface area (TPSA) is 30.9 Å². The Morgan fingerprint density at radius 1 is 1.09 bits per heavy atom. The zero-order valence-corrected chi connectivity index (χ0v) is 15.7. The summed E-state index contributed by atoms with van der Waals surface area (Å²) in [4.78, 5) is 9.94. The quantitative estimate of drug-likeness (QED) is 0.422. The smallest absolute Gasteiger partial charge is 0.193 e. The molecule has 1 N–H and O–H groups in total. The molecular weight excluding hydrogens is 284 g/mol. The van der Waals surface area contributed by atoms with E-state index in [1.165, 1.54) is 70.5 Å². The van der Waals surface area contributed by atoms with Gasteiger partial charge in [0.05, 0.1) is 0 Å². The molecule has 0 unspecified atom stereocenters. The molecular formula is C19H38N4. The number of nitrogens with one attached hydrogen (secondary N) is 1. The van der Waals surface area contributed by atoms with Crippen LogP contribution in [-0.2, 0) is 0 Å². The summed E-state index contributed by atoms with van der Waals surface area (Å²) in [7, 11) is 0. The number of aliphatic imine (C=N–C) groups is 1. The van der Waals surface area contributed by atoms with Crippen molar-refractivity contribution in [2.75, 3.05) is 45.8 Å². The van der Waals surface area contributed by atoms with Crippen molar-refractivity contribution in [2.45, 2.75) is 65.7 Å². The number of rotatable bonds is 8. The van der Waals surface area contributed by atoms with Gasteiger partial charge in [-0.25, -0.2) is 0 Å². The molecule has 1 saturated carbocycles. The molecule has 1 heterocycles. The lowest BCUT2D eigenvalue weighted by molar-refractivity contribution is 0.297. The van der Waals surface area contributed by atoms with Gasteiger partial charge in [0.25, 0.3) is 0 Å². The molecule has 0 aromatic heterocycles. The highest BCUT2D eigenvalue weighted by molar-refractivity contribution is 5.80. The van der Waals surface area contributed by atoms with Crippen molar-refractivity contribution in [3.8, 4) is 0 Å². The molecule has 1 aliphatic heterocycles. The molecule has 1 saturated heterocycles. The first-order chi connectivity index (χ1) is 11.2. The molecule has 4 heteroatoms. The molecule has 2 fully saturated rings. The van der Waals surface area contributed by atoms with Crippen molar-refractivity contribution in [1.82, 2.24) is 15.1 Å². The maximum Gasteiger partial charge on any atom is 0.193 e. The Morgan fingerprint density at radius 2 is 1.83 bits per heavy atom. The van der Waals surface area contributed by atoms with Crippen molar-refractivity contribution in [3.05, 3.63) is 0 Å². The van der Waals surface area contributed by atoms with Crippen LogP contribution in [0.3, 0.4) is 0 Å². The Balaban J connectivity index is 1.76. The summed E-state index contributed by atoms with van der Waals surface area (Å²) in [6, 6.07) is 0. The van der Waals surface area contributed by atoms with Gasteiger partial charge >= 0.3 is 0 Å². The first-order valence-electron chi connectivity index (χ1n) is 9.98. The number of unbranched alkanes of at least 4 members (excludes halogenated alkanes) is 1. The van der Waals surface area contributed by atoms with Crippen molar-refractivity contribution in [1.29, 1.82) is 0 Å². The van der Waals surface area contributed by atoms with Gasteiger partial charge in [-0.1, -0.05) is 26.7 Å².